The first-order valence-electron chi connectivity index (χ1n) is 6.97. The van der Waals surface area contributed by atoms with Gasteiger partial charge in [0.15, 0.2) is 11.5 Å². The van der Waals surface area contributed by atoms with Crippen LogP contribution in [0.3, 0.4) is 0 Å². The Bertz CT molecular complexity index is 800. The summed E-state index contributed by atoms with van der Waals surface area (Å²) < 4.78 is 21.5. The molecule has 0 unspecified atom stereocenters. The Kier molecular flexibility index (Phi) is 4.14. The molecule has 0 radical (unpaired) electrons. The number of hydrogen-bond donors (Lipinski definition) is 0. The number of methoxy groups -OCH3 is 3. The monoisotopic (exact) mass is 312 g/mol. The highest BCUT2D eigenvalue weighted by Gasteiger charge is 2.21. The van der Waals surface area contributed by atoms with E-state index in [1.807, 2.05) is 30.3 Å². The van der Waals surface area contributed by atoms with E-state index in [-0.39, 0.29) is 0 Å². The van der Waals surface area contributed by atoms with Crippen molar-refractivity contribution in [3.63, 3.8) is 0 Å². The minimum atomic E-state index is 0.349. The molecule has 0 amide bonds. The summed E-state index contributed by atoms with van der Waals surface area (Å²) in [4.78, 5) is 4.44. The summed E-state index contributed by atoms with van der Waals surface area (Å²) in [5.41, 5.74) is 1.52. The van der Waals surface area contributed by atoms with Crippen LogP contribution >= 0.6 is 0 Å². The van der Waals surface area contributed by atoms with E-state index in [2.05, 4.69) is 10.1 Å². The molecule has 1 heterocycles. The lowest BCUT2D eigenvalue weighted by Crippen LogP contribution is -1.97. The predicted molar refractivity (Wildman–Crippen MR) is 84.8 cm³/mol. The van der Waals surface area contributed by atoms with Gasteiger partial charge in [-0.3, -0.25) is 0 Å². The lowest BCUT2D eigenvalue weighted by Gasteiger charge is -2.13. The van der Waals surface area contributed by atoms with E-state index in [0.29, 0.717) is 34.5 Å². The maximum absolute atomic E-state index is 5.45. The Morgan fingerprint density at radius 3 is 2.22 bits per heavy atom. The molecule has 6 heteroatoms. The molecule has 0 bridgehead atoms. The molecule has 0 aliphatic carbocycles. The zero-order valence-electron chi connectivity index (χ0n) is 13.1. The van der Waals surface area contributed by atoms with Crippen molar-refractivity contribution in [2.45, 2.75) is 0 Å². The summed E-state index contributed by atoms with van der Waals surface area (Å²) in [7, 11) is 4.67. The van der Waals surface area contributed by atoms with Crippen LogP contribution in [0, 0.1) is 0 Å². The number of nitrogens with zero attached hydrogens (tertiary/aromatic N) is 2. The summed E-state index contributed by atoms with van der Waals surface area (Å²) in [5.74, 6) is 2.39. The molecule has 2 aromatic carbocycles. The number of rotatable bonds is 5. The maximum Gasteiger partial charge on any atom is 0.262 e. The third kappa shape index (κ3) is 2.70. The van der Waals surface area contributed by atoms with Gasteiger partial charge in [-0.05, 0) is 12.1 Å². The van der Waals surface area contributed by atoms with E-state index in [9.17, 15) is 0 Å². The number of ether oxygens (including phenoxy) is 3. The van der Waals surface area contributed by atoms with Crippen molar-refractivity contribution < 1.29 is 18.7 Å². The molecule has 6 nitrogen and oxygen atoms in total. The van der Waals surface area contributed by atoms with Crippen molar-refractivity contribution in [2.75, 3.05) is 21.3 Å². The zero-order chi connectivity index (χ0) is 16.2. The van der Waals surface area contributed by atoms with Crippen molar-refractivity contribution in [1.82, 2.24) is 10.1 Å². The Morgan fingerprint density at radius 1 is 0.826 bits per heavy atom. The Labute approximate surface area is 133 Å². The first kappa shape index (κ1) is 14.9. The van der Waals surface area contributed by atoms with Crippen LogP contribution in [0.4, 0.5) is 0 Å². The van der Waals surface area contributed by atoms with Crippen molar-refractivity contribution in [3.05, 3.63) is 42.5 Å². The van der Waals surface area contributed by atoms with Gasteiger partial charge in [0.25, 0.3) is 5.89 Å². The second-order valence-corrected chi connectivity index (χ2v) is 4.67. The van der Waals surface area contributed by atoms with Crippen LogP contribution < -0.4 is 14.2 Å². The second kappa shape index (κ2) is 6.39. The molecule has 3 rings (SSSR count). The third-order valence-corrected chi connectivity index (χ3v) is 3.39. The largest absolute Gasteiger partial charge is 0.493 e. The van der Waals surface area contributed by atoms with E-state index >= 15 is 0 Å². The highest BCUT2D eigenvalue weighted by molar-refractivity contribution is 5.72. The minimum absolute atomic E-state index is 0.349. The van der Waals surface area contributed by atoms with Crippen molar-refractivity contribution in [3.8, 4) is 40.1 Å². The van der Waals surface area contributed by atoms with E-state index in [1.165, 1.54) is 0 Å². The number of hydrogen-bond acceptors (Lipinski definition) is 6. The van der Waals surface area contributed by atoms with E-state index < -0.39 is 0 Å². The lowest BCUT2D eigenvalue weighted by atomic mass is 10.1. The van der Waals surface area contributed by atoms with Gasteiger partial charge in [-0.15, -0.1) is 0 Å². The van der Waals surface area contributed by atoms with Gasteiger partial charge in [-0.1, -0.05) is 35.5 Å². The Morgan fingerprint density at radius 2 is 1.57 bits per heavy atom. The highest BCUT2D eigenvalue weighted by Crippen LogP contribution is 2.43. The highest BCUT2D eigenvalue weighted by atomic mass is 16.5. The smallest absolute Gasteiger partial charge is 0.262 e. The molecule has 0 atom stereocenters. The van der Waals surface area contributed by atoms with Crippen LogP contribution in [0.15, 0.2) is 47.0 Å². The number of benzene rings is 2. The van der Waals surface area contributed by atoms with Crippen molar-refractivity contribution in [1.29, 1.82) is 0 Å². The molecule has 0 N–H and O–H groups in total. The van der Waals surface area contributed by atoms with Gasteiger partial charge in [0.1, 0.15) is 0 Å². The molecule has 0 saturated carbocycles. The molecule has 0 saturated heterocycles. The third-order valence-electron chi connectivity index (χ3n) is 3.39. The van der Waals surface area contributed by atoms with Gasteiger partial charge in [0.2, 0.25) is 11.6 Å². The molecule has 0 aliphatic rings. The van der Waals surface area contributed by atoms with Gasteiger partial charge >= 0.3 is 0 Å². The predicted octanol–water partition coefficient (Wildman–Crippen LogP) is 3.43. The molecular weight excluding hydrogens is 296 g/mol. The summed E-state index contributed by atoms with van der Waals surface area (Å²) in [6, 6.07) is 13.2. The van der Waals surface area contributed by atoms with Gasteiger partial charge in [-0.2, -0.15) is 4.98 Å². The summed E-state index contributed by atoms with van der Waals surface area (Å²) in [5, 5.41) is 4.02. The van der Waals surface area contributed by atoms with Crippen molar-refractivity contribution in [2.24, 2.45) is 0 Å². The topological polar surface area (TPSA) is 66.6 Å². The SMILES string of the molecule is COc1ccc(-c2nc(-c3ccccc3)no2)c(OC)c1OC. The Hall–Kier alpha value is -3.02. The van der Waals surface area contributed by atoms with E-state index in [1.54, 1.807) is 33.5 Å². The van der Waals surface area contributed by atoms with Gasteiger partial charge < -0.3 is 18.7 Å². The molecule has 0 aliphatic heterocycles. The van der Waals surface area contributed by atoms with E-state index in [0.717, 1.165) is 5.56 Å². The van der Waals surface area contributed by atoms with Gasteiger partial charge in [0.05, 0.1) is 26.9 Å². The first-order valence-corrected chi connectivity index (χ1v) is 6.97. The fourth-order valence-corrected chi connectivity index (χ4v) is 2.31. The maximum atomic E-state index is 5.45. The molecular formula is C17H16N2O4. The van der Waals surface area contributed by atoms with Crippen LogP contribution in [0.5, 0.6) is 17.2 Å². The lowest BCUT2D eigenvalue weighted by molar-refractivity contribution is 0.324. The van der Waals surface area contributed by atoms with Crippen LogP contribution in [-0.2, 0) is 0 Å². The standard InChI is InChI=1S/C17H16N2O4/c1-20-13-10-9-12(14(21-2)15(13)22-3)17-18-16(19-23-17)11-7-5-4-6-8-11/h4-10H,1-3H3. The normalized spacial score (nSPS) is 10.4. The van der Waals surface area contributed by atoms with Gasteiger partial charge in [-0.25, -0.2) is 0 Å². The average molecular weight is 312 g/mol. The second-order valence-electron chi connectivity index (χ2n) is 4.67. The molecule has 3 aromatic rings. The van der Waals surface area contributed by atoms with Crippen LogP contribution in [0.1, 0.15) is 0 Å². The molecule has 0 fully saturated rings. The van der Waals surface area contributed by atoms with Gasteiger partial charge in [0, 0.05) is 5.56 Å². The average Bonchev–Trinajstić information content (AvgIpc) is 3.10. The number of aromatic nitrogens is 2. The fraction of sp³-hybridized carbons (Fsp3) is 0.176. The molecule has 1 aromatic heterocycles. The molecule has 23 heavy (non-hydrogen) atoms. The summed E-state index contributed by atoms with van der Waals surface area (Å²) in [6.07, 6.45) is 0. The minimum Gasteiger partial charge on any atom is -0.493 e. The van der Waals surface area contributed by atoms with Crippen molar-refractivity contribution >= 4 is 0 Å². The fourth-order valence-electron chi connectivity index (χ4n) is 2.31. The first-order chi connectivity index (χ1) is 11.3. The molecule has 0 spiro atoms. The van der Waals surface area contributed by atoms with Crippen LogP contribution in [-0.4, -0.2) is 31.5 Å². The summed E-state index contributed by atoms with van der Waals surface area (Å²) in [6.45, 7) is 0. The zero-order valence-corrected chi connectivity index (χ0v) is 13.1. The van der Waals surface area contributed by atoms with Crippen LogP contribution in [0.25, 0.3) is 22.8 Å². The quantitative estimate of drug-likeness (QED) is 0.719. The Balaban J connectivity index is 2.07. The molecule has 118 valence electrons. The van der Waals surface area contributed by atoms with Crippen LogP contribution in [0.2, 0.25) is 0 Å². The van der Waals surface area contributed by atoms with E-state index in [4.69, 9.17) is 18.7 Å². The summed E-state index contributed by atoms with van der Waals surface area (Å²) >= 11 is 0.